The first-order valence-corrected chi connectivity index (χ1v) is 7.96. The fourth-order valence-corrected chi connectivity index (χ4v) is 2.50. The number of piperidine rings is 1. The smallest absolute Gasteiger partial charge is 0.253 e. The summed E-state index contributed by atoms with van der Waals surface area (Å²) < 4.78 is 0. The maximum atomic E-state index is 12.3. The first-order chi connectivity index (χ1) is 10.6. The van der Waals surface area contributed by atoms with Gasteiger partial charge in [-0.15, -0.1) is 12.4 Å². The van der Waals surface area contributed by atoms with E-state index in [2.05, 4.69) is 16.0 Å². The van der Waals surface area contributed by atoms with Crippen LogP contribution in [0.25, 0.3) is 0 Å². The Morgan fingerprint density at radius 3 is 2.52 bits per heavy atom. The molecule has 0 atom stereocenters. The Labute approximate surface area is 144 Å². The number of amides is 2. The van der Waals surface area contributed by atoms with Crippen molar-refractivity contribution in [3.05, 3.63) is 29.8 Å². The molecule has 0 bridgehead atoms. The average Bonchev–Trinajstić information content (AvgIpc) is 2.54. The molecule has 0 unspecified atom stereocenters. The summed E-state index contributed by atoms with van der Waals surface area (Å²) in [6.45, 7) is 6.45. The second-order valence-corrected chi connectivity index (χ2v) is 6.16. The van der Waals surface area contributed by atoms with Crippen LogP contribution in [0.15, 0.2) is 24.3 Å². The van der Waals surface area contributed by atoms with Crippen molar-refractivity contribution in [1.82, 2.24) is 10.6 Å². The number of anilines is 1. The summed E-state index contributed by atoms with van der Waals surface area (Å²) in [7, 11) is 0. The van der Waals surface area contributed by atoms with Crippen molar-refractivity contribution < 1.29 is 9.59 Å². The zero-order valence-electron chi connectivity index (χ0n) is 13.7. The van der Waals surface area contributed by atoms with E-state index >= 15 is 0 Å². The standard InChI is InChI=1S/C17H25N3O2.ClH/c1-12(2)11-19-17(22)14-5-3-4-6-15(14)20-16(21)13-7-9-18-10-8-13;/h3-6,12-13,18H,7-11H2,1-2H3,(H,19,22)(H,20,21);1H. The normalized spacial score (nSPS) is 14.9. The molecule has 0 aromatic heterocycles. The molecule has 0 spiro atoms. The molecule has 3 N–H and O–H groups in total. The SMILES string of the molecule is CC(C)CNC(=O)c1ccccc1NC(=O)C1CCNCC1.Cl. The molecule has 2 rings (SSSR count). The zero-order chi connectivity index (χ0) is 15.9. The van der Waals surface area contributed by atoms with E-state index in [0.717, 1.165) is 25.9 Å². The second-order valence-electron chi connectivity index (χ2n) is 6.16. The van der Waals surface area contributed by atoms with Crippen LogP contribution in [-0.4, -0.2) is 31.4 Å². The van der Waals surface area contributed by atoms with Gasteiger partial charge in [0.2, 0.25) is 5.91 Å². The van der Waals surface area contributed by atoms with Crippen LogP contribution in [0.2, 0.25) is 0 Å². The van der Waals surface area contributed by atoms with Crippen molar-refractivity contribution in [2.75, 3.05) is 25.0 Å². The number of rotatable bonds is 5. The van der Waals surface area contributed by atoms with Crippen LogP contribution < -0.4 is 16.0 Å². The Morgan fingerprint density at radius 2 is 1.87 bits per heavy atom. The van der Waals surface area contributed by atoms with Crippen LogP contribution in [0, 0.1) is 11.8 Å². The van der Waals surface area contributed by atoms with Crippen LogP contribution in [0.1, 0.15) is 37.0 Å². The monoisotopic (exact) mass is 339 g/mol. The van der Waals surface area contributed by atoms with Gasteiger partial charge >= 0.3 is 0 Å². The van der Waals surface area contributed by atoms with E-state index in [1.165, 1.54) is 0 Å². The third-order valence-corrected chi connectivity index (χ3v) is 3.81. The van der Waals surface area contributed by atoms with Gasteiger partial charge in [0.1, 0.15) is 0 Å². The van der Waals surface area contributed by atoms with Crippen LogP contribution in [0.3, 0.4) is 0 Å². The molecule has 0 saturated carbocycles. The van der Waals surface area contributed by atoms with E-state index in [4.69, 9.17) is 0 Å². The number of hydrogen-bond donors (Lipinski definition) is 3. The summed E-state index contributed by atoms with van der Waals surface area (Å²) in [6, 6.07) is 7.17. The third-order valence-electron chi connectivity index (χ3n) is 3.81. The van der Waals surface area contributed by atoms with Gasteiger partial charge < -0.3 is 16.0 Å². The molecule has 5 nitrogen and oxygen atoms in total. The van der Waals surface area contributed by atoms with Crippen molar-refractivity contribution in [1.29, 1.82) is 0 Å². The summed E-state index contributed by atoms with van der Waals surface area (Å²) in [5.41, 5.74) is 1.11. The molecule has 1 saturated heterocycles. The van der Waals surface area contributed by atoms with Gasteiger partial charge in [0.15, 0.2) is 0 Å². The van der Waals surface area contributed by atoms with E-state index in [1.807, 2.05) is 26.0 Å². The maximum Gasteiger partial charge on any atom is 0.253 e. The molecule has 1 aliphatic heterocycles. The quantitative estimate of drug-likeness (QED) is 0.771. The molecule has 1 aromatic rings. The molecule has 1 aromatic carbocycles. The third kappa shape index (κ3) is 5.84. The molecule has 0 aliphatic carbocycles. The van der Waals surface area contributed by atoms with E-state index in [1.54, 1.807) is 12.1 Å². The van der Waals surface area contributed by atoms with Crippen molar-refractivity contribution in [2.24, 2.45) is 11.8 Å². The van der Waals surface area contributed by atoms with Crippen molar-refractivity contribution in [3.8, 4) is 0 Å². The van der Waals surface area contributed by atoms with Gasteiger partial charge in [0.05, 0.1) is 11.3 Å². The summed E-state index contributed by atoms with van der Waals surface area (Å²) in [4.78, 5) is 24.6. The Hall–Kier alpha value is -1.59. The Balaban J connectivity index is 0.00000264. The van der Waals surface area contributed by atoms with Crippen molar-refractivity contribution in [3.63, 3.8) is 0 Å². The molecule has 0 radical (unpaired) electrons. The fraction of sp³-hybridized carbons (Fsp3) is 0.529. The van der Waals surface area contributed by atoms with Gasteiger partial charge in [0.25, 0.3) is 5.91 Å². The lowest BCUT2D eigenvalue weighted by molar-refractivity contribution is -0.120. The predicted octanol–water partition coefficient (Wildman–Crippen LogP) is 2.43. The van der Waals surface area contributed by atoms with Gasteiger partial charge in [-0.3, -0.25) is 9.59 Å². The topological polar surface area (TPSA) is 70.2 Å². The summed E-state index contributed by atoms with van der Waals surface area (Å²) in [5, 5.41) is 9.06. The number of halogens is 1. The minimum atomic E-state index is -0.144. The molecule has 1 heterocycles. The Bertz CT molecular complexity index is 528. The highest BCUT2D eigenvalue weighted by atomic mass is 35.5. The molecule has 23 heavy (non-hydrogen) atoms. The molecule has 1 fully saturated rings. The zero-order valence-corrected chi connectivity index (χ0v) is 14.5. The maximum absolute atomic E-state index is 12.3. The predicted molar refractivity (Wildman–Crippen MR) is 95.1 cm³/mol. The molecular formula is C17H26ClN3O2. The van der Waals surface area contributed by atoms with E-state index in [9.17, 15) is 9.59 Å². The highest BCUT2D eigenvalue weighted by Crippen LogP contribution is 2.19. The number of hydrogen-bond acceptors (Lipinski definition) is 3. The lowest BCUT2D eigenvalue weighted by atomic mass is 9.97. The lowest BCUT2D eigenvalue weighted by Crippen LogP contribution is -2.35. The number of benzene rings is 1. The van der Waals surface area contributed by atoms with Crippen molar-refractivity contribution >= 4 is 29.9 Å². The Morgan fingerprint density at radius 1 is 1.22 bits per heavy atom. The lowest BCUT2D eigenvalue weighted by Gasteiger charge is -2.22. The first-order valence-electron chi connectivity index (χ1n) is 7.96. The van der Waals surface area contributed by atoms with Gasteiger partial charge in [0, 0.05) is 12.5 Å². The molecular weight excluding hydrogens is 314 g/mol. The fourth-order valence-electron chi connectivity index (χ4n) is 2.50. The van der Waals surface area contributed by atoms with Crippen LogP contribution in [-0.2, 0) is 4.79 Å². The largest absolute Gasteiger partial charge is 0.352 e. The summed E-state index contributed by atoms with van der Waals surface area (Å²) >= 11 is 0. The minimum absolute atomic E-state index is 0. The number of para-hydroxylation sites is 1. The Kier molecular flexibility index (Phi) is 8.06. The van der Waals surface area contributed by atoms with Gasteiger partial charge in [-0.25, -0.2) is 0 Å². The number of nitrogens with one attached hydrogen (secondary N) is 3. The molecule has 1 aliphatic rings. The van der Waals surface area contributed by atoms with Gasteiger partial charge in [-0.05, 0) is 44.0 Å². The van der Waals surface area contributed by atoms with Crippen molar-refractivity contribution in [2.45, 2.75) is 26.7 Å². The van der Waals surface area contributed by atoms with E-state index in [-0.39, 0.29) is 30.1 Å². The first kappa shape index (κ1) is 19.5. The van der Waals surface area contributed by atoms with Gasteiger partial charge in [-0.2, -0.15) is 0 Å². The number of carbonyl (C=O) groups excluding carboxylic acids is 2. The van der Waals surface area contributed by atoms with Crippen LogP contribution in [0.4, 0.5) is 5.69 Å². The van der Waals surface area contributed by atoms with Gasteiger partial charge in [-0.1, -0.05) is 26.0 Å². The molecule has 128 valence electrons. The van der Waals surface area contributed by atoms with E-state index in [0.29, 0.717) is 23.7 Å². The molecule has 6 heteroatoms. The summed E-state index contributed by atoms with van der Waals surface area (Å²) in [6.07, 6.45) is 1.68. The van der Waals surface area contributed by atoms with Crippen LogP contribution >= 0.6 is 12.4 Å². The highest BCUT2D eigenvalue weighted by molar-refractivity contribution is 6.04. The minimum Gasteiger partial charge on any atom is -0.352 e. The molecule has 2 amide bonds. The van der Waals surface area contributed by atoms with Crippen LogP contribution in [0.5, 0.6) is 0 Å². The average molecular weight is 340 g/mol. The highest BCUT2D eigenvalue weighted by Gasteiger charge is 2.22. The second kappa shape index (κ2) is 9.53. The van der Waals surface area contributed by atoms with E-state index < -0.39 is 0 Å². The summed E-state index contributed by atoms with van der Waals surface area (Å²) in [5.74, 6) is 0.272. The number of carbonyl (C=O) groups is 2.